The molecule has 0 radical (unpaired) electrons. The topological polar surface area (TPSA) is 73.8 Å². The first-order chi connectivity index (χ1) is 10.7. The van der Waals surface area contributed by atoms with Gasteiger partial charge in [0, 0.05) is 24.8 Å². The van der Waals surface area contributed by atoms with Crippen molar-refractivity contribution in [2.24, 2.45) is 5.92 Å². The normalized spacial score (nSPS) is 16.3. The number of rotatable bonds is 6. The molecule has 1 aliphatic rings. The SMILES string of the molecule is COc1cccc(NC(=O)NCC2CCN(CCO)CC2)c1. The Labute approximate surface area is 131 Å². The molecule has 0 bridgehead atoms. The summed E-state index contributed by atoms with van der Waals surface area (Å²) < 4.78 is 5.13. The highest BCUT2D eigenvalue weighted by atomic mass is 16.5. The number of nitrogens with one attached hydrogen (secondary N) is 2. The second kappa shape index (κ2) is 8.60. The Morgan fingerprint density at radius 2 is 2.18 bits per heavy atom. The summed E-state index contributed by atoms with van der Waals surface area (Å²) >= 11 is 0. The molecule has 122 valence electrons. The van der Waals surface area contributed by atoms with Crippen molar-refractivity contribution in [2.75, 3.05) is 45.2 Å². The van der Waals surface area contributed by atoms with Crippen LogP contribution < -0.4 is 15.4 Å². The number of aliphatic hydroxyl groups excluding tert-OH is 1. The van der Waals surface area contributed by atoms with Gasteiger partial charge < -0.3 is 25.4 Å². The standard InChI is InChI=1S/C16H25N3O3/c1-22-15-4-2-3-14(11-15)18-16(21)17-12-13-5-7-19(8-6-13)9-10-20/h2-4,11,13,20H,5-10,12H2,1H3,(H2,17,18,21). The van der Waals surface area contributed by atoms with Crippen LogP contribution in [0.4, 0.5) is 10.5 Å². The average Bonchev–Trinajstić information content (AvgIpc) is 2.55. The molecule has 1 fully saturated rings. The number of aliphatic hydroxyl groups is 1. The quantitative estimate of drug-likeness (QED) is 0.745. The zero-order valence-corrected chi connectivity index (χ0v) is 13.0. The van der Waals surface area contributed by atoms with Gasteiger partial charge >= 0.3 is 6.03 Å². The molecule has 1 aromatic carbocycles. The minimum Gasteiger partial charge on any atom is -0.497 e. The van der Waals surface area contributed by atoms with Crippen LogP contribution in [0, 0.1) is 5.92 Å². The summed E-state index contributed by atoms with van der Waals surface area (Å²) in [4.78, 5) is 14.2. The van der Waals surface area contributed by atoms with Gasteiger partial charge in [0.15, 0.2) is 0 Å². The van der Waals surface area contributed by atoms with Gasteiger partial charge in [-0.15, -0.1) is 0 Å². The van der Waals surface area contributed by atoms with Crippen LogP contribution in [0.2, 0.25) is 0 Å². The van der Waals surface area contributed by atoms with Gasteiger partial charge in [-0.2, -0.15) is 0 Å². The second-order valence-electron chi connectivity index (χ2n) is 5.58. The van der Waals surface area contributed by atoms with Crippen molar-refractivity contribution in [1.82, 2.24) is 10.2 Å². The highest BCUT2D eigenvalue weighted by molar-refractivity contribution is 5.89. The predicted octanol–water partition coefficient (Wildman–Crippen LogP) is 1.52. The van der Waals surface area contributed by atoms with Crippen LogP contribution in [0.1, 0.15) is 12.8 Å². The smallest absolute Gasteiger partial charge is 0.319 e. The number of urea groups is 1. The number of carbonyl (C=O) groups excluding carboxylic acids is 1. The van der Waals surface area contributed by atoms with Crippen LogP contribution in [0.25, 0.3) is 0 Å². The molecule has 1 aromatic rings. The van der Waals surface area contributed by atoms with E-state index in [1.54, 1.807) is 13.2 Å². The maximum atomic E-state index is 11.9. The summed E-state index contributed by atoms with van der Waals surface area (Å²) in [6.07, 6.45) is 2.11. The number of anilines is 1. The third-order valence-electron chi connectivity index (χ3n) is 4.00. The number of methoxy groups -OCH3 is 1. The third kappa shape index (κ3) is 5.20. The van der Waals surface area contributed by atoms with Gasteiger partial charge in [0.25, 0.3) is 0 Å². The van der Waals surface area contributed by atoms with Crippen LogP contribution in [0.3, 0.4) is 0 Å². The highest BCUT2D eigenvalue weighted by Crippen LogP contribution is 2.17. The fourth-order valence-corrected chi connectivity index (χ4v) is 2.67. The Hall–Kier alpha value is -1.79. The lowest BCUT2D eigenvalue weighted by Crippen LogP contribution is -2.40. The molecule has 2 amide bonds. The Kier molecular flexibility index (Phi) is 6.48. The molecule has 0 unspecified atom stereocenters. The molecule has 1 aliphatic heterocycles. The first kappa shape index (κ1) is 16.6. The van der Waals surface area contributed by atoms with Gasteiger partial charge in [-0.3, -0.25) is 0 Å². The van der Waals surface area contributed by atoms with Crippen LogP contribution in [0.15, 0.2) is 24.3 Å². The summed E-state index contributed by atoms with van der Waals surface area (Å²) in [5.41, 5.74) is 0.717. The average molecular weight is 307 g/mol. The van der Waals surface area contributed by atoms with E-state index < -0.39 is 0 Å². The van der Waals surface area contributed by atoms with E-state index in [9.17, 15) is 4.79 Å². The van der Waals surface area contributed by atoms with E-state index in [1.165, 1.54) is 0 Å². The van der Waals surface area contributed by atoms with Crippen molar-refractivity contribution in [3.8, 4) is 5.75 Å². The number of benzene rings is 1. The zero-order chi connectivity index (χ0) is 15.8. The number of carbonyl (C=O) groups is 1. The molecular weight excluding hydrogens is 282 g/mol. The van der Waals surface area contributed by atoms with E-state index in [2.05, 4.69) is 15.5 Å². The highest BCUT2D eigenvalue weighted by Gasteiger charge is 2.19. The fourth-order valence-electron chi connectivity index (χ4n) is 2.67. The van der Waals surface area contributed by atoms with E-state index in [1.807, 2.05) is 18.2 Å². The van der Waals surface area contributed by atoms with E-state index in [0.717, 1.165) is 38.2 Å². The second-order valence-corrected chi connectivity index (χ2v) is 5.58. The van der Waals surface area contributed by atoms with Crippen molar-refractivity contribution in [3.05, 3.63) is 24.3 Å². The first-order valence-corrected chi connectivity index (χ1v) is 7.73. The number of likely N-dealkylation sites (tertiary alicyclic amines) is 1. The van der Waals surface area contributed by atoms with Gasteiger partial charge in [0.05, 0.1) is 13.7 Å². The first-order valence-electron chi connectivity index (χ1n) is 7.73. The Balaban J connectivity index is 1.69. The number of piperidine rings is 1. The Morgan fingerprint density at radius 1 is 1.41 bits per heavy atom. The lowest BCUT2D eigenvalue weighted by atomic mass is 9.97. The van der Waals surface area contributed by atoms with Crippen molar-refractivity contribution < 1.29 is 14.6 Å². The molecule has 0 aliphatic carbocycles. The van der Waals surface area contributed by atoms with Crippen molar-refractivity contribution >= 4 is 11.7 Å². The Morgan fingerprint density at radius 3 is 2.86 bits per heavy atom. The van der Waals surface area contributed by atoms with Crippen molar-refractivity contribution in [3.63, 3.8) is 0 Å². The summed E-state index contributed by atoms with van der Waals surface area (Å²) in [6.45, 7) is 3.62. The van der Waals surface area contributed by atoms with Gasteiger partial charge in [0.1, 0.15) is 5.75 Å². The number of hydrogen-bond donors (Lipinski definition) is 3. The van der Waals surface area contributed by atoms with Crippen LogP contribution in [0.5, 0.6) is 5.75 Å². The van der Waals surface area contributed by atoms with Gasteiger partial charge in [-0.25, -0.2) is 4.79 Å². The molecule has 0 spiro atoms. The monoisotopic (exact) mass is 307 g/mol. The predicted molar refractivity (Wildman–Crippen MR) is 86.3 cm³/mol. The lowest BCUT2D eigenvalue weighted by molar-refractivity contribution is 0.147. The van der Waals surface area contributed by atoms with E-state index in [-0.39, 0.29) is 12.6 Å². The van der Waals surface area contributed by atoms with Crippen molar-refractivity contribution in [2.45, 2.75) is 12.8 Å². The molecule has 6 heteroatoms. The largest absolute Gasteiger partial charge is 0.497 e. The van der Waals surface area contributed by atoms with Crippen LogP contribution in [-0.2, 0) is 0 Å². The Bertz CT molecular complexity index is 473. The third-order valence-corrected chi connectivity index (χ3v) is 4.00. The minimum absolute atomic E-state index is 0.189. The molecule has 0 saturated carbocycles. The van der Waals surface area contributed by atoms with Gasteiger partial charge in [-0.05, 0) is 44.0 Å². The van der Waals surface area contributed by atoms with E-state index in [0.29, 0.717) is 18.2 Å². The maximum absolute atomic E-state index is 11.9. The molecule has 3 N–H and O–H groups in total. The molecule has 22 heavy (non-hydrogen) atoms. The van der Waals surface area contributed by atoms with Crippen LogP contribution >= 0.6 is 0 Å². The molecule has 1 saturated heterocycles. The number of ether oxygens (including phenoxy) is 1. The maximum Gasteiger partial charge on any atom is 0.319 e. The van der Waals surface area contributed by atoms with Crippen molar-refractivity contribution in [1.29, 1.82) is 0 Å². The molecular formula is C16H25N3O3. The van der Waals surface area contributed by atoms with Gasteiger partial charge in [-0.1, -0.05) is 6.07 Å². The number of nitrogens with zero attached hydrogens (tertiary/aromatic N) is 1. The molecule has 6 nitrogen and oxygen atoms in total. The number of β-amino-alcohol motifs (C(OH)–C–C–N with tert-alkyl or cyclic N) is 1. The minimum atomic E-state index is -0.189. The fraction of sp³-hybridized carbons (Fsp3) is 0.562. The summed E-state index contributed by atoms with van der Waals surface area (Å²) in [5, 5.41) is 14.7. The summed E-state index contributed by atoms with van der Waals surface area (Å²) in [6, 6.07) is 7.10. The molecule has 0 atom stereocenters. The summed E-state index contributed by atoms with van der Waals surface area (Å²) in [7, 11) is 1.60. The summed E-state index contributed by atoms with van der Waals surface area (Å²) in [5.74, 6) is 1.22. The molecule has 1 heterocycles. The van der Waals surface area contributed by atoms with E-state index in [4.69, 9.17) is 9.84 Å². The van der Waals surface area contributed by atoms with Gasteiger partial charge in [0.2, 0.25) is 0 Å². The number of hydrogen-bond acceptors (Lipinski definition) is 4. The number of amides is 2. The molecule has 0 aromatic heterocycles. The lowest BCUT2D eigenvalue weighted by Gasteiger charge is -2.31. The van der Waals surface area contributed by atoms with E-state index >= 15 is 0 Å². The van der Waals surface area contributed by atoms with Crippen LogP contribution in [-0.4, -0.2) is 55.9 Å². The zero-order valence-electron chi connectivity index (χ0n) is 13.0. The molecule has 2 rings (SSSR count).